The molecule has 34 heavy (non-hydrogen) atoms. The first-order valence-electron chi connectivity index (χ1n) is 11.5. The lowest BCUT2D eigenvalue weighted by molar-refractivity contribution is -0.462. The van der Waals surface area contributed by atoms with E-state index >= 15 is 0 Å². The van der Waals surface area contributed by atoms with E-state index in [1.165, 1.54) is 38.5 Å². The predicted molar refractivity (Wildman–Crippen MR) is 145 cm³/mol. The number of hydrogen-bond acceptors (Lipinski definition) is 2. The number of aromatic carboxylic acids is 1. The van der Waals surface area contributed by atoms with Gasteiger partial charge in [0.05, 0.1) is 5.56 Å². The molecule has 1 N–H and O–H groups in total. The Morgan fingerprint density at radius 1 is 1.09 bits per heavy atom. The van der Waals surface area contributed by atoms with Crippen LogP contribution in [0.15, 0.2) is 71.6 Å². The summed E-state index contributed by atoms with van der Waals surface area (Å²) in [6, 6.07) is 10.3. The highest BCUT2D eigenvalue weighted by Crippen LogP contribution is 2.44. The van der Waals surface area contributed by atoms with Crippen molar-refractivity contribution in [1.82, 2.24) is 0 Å². The fourth-order valence-corrected chi connectivity index (χ4v) is 8.34. The average molecular weight is 470 g/mol. The van der Waals surface area contributed by atoms with Crippen molar-refractivity contribution in [3.63, 3.8) is 0 Å². The quantitative estimate of drug-likeness (QED) is 0.524. The summed E-state index contributed by atoms with van der Waals surface area (Å²) in [5.74, 6) is -0.898. The van der Waals surface area contributed by atoms with Gasteiger partial charge in [-0.1, -0.05) is 18.3 Å². The summed E-state index contributed by atoms with van der Waals surface area (Å²) < 4.78 is 2.14. The van der Waals surface area contributed by atoms with Crippen molar-refractivity contribution >= 4 is 36.2 Å². The first-order valence-corrected chi connectivity index (χ1v) is 14.1. The summed E-state index contributed by atoms with van der Waals surface area (Å²) >= 11 is 0. The molecule has 4 nitrogen and oxygen atoms in total. The van der Waals surface area contributed by atoms with Gasteiger partial charge in [-0.3, -0.25) is 0 Å². The van der Waals surface area contributed by atoms with E-state index in [1.54, 1.807) is 12.1 Å². The summed E-state index contributed by atoms with van der Waals surface area (Å²) in [6.45, 7) is 10.7. The lowest BCUT2D eigenvalue weighted by Gasteiger charge is -2.39. The number of rotatable bonds is 4. The Balaban J connectivity index is 2.16. The van der Waals surface area contributed by atoms with Crippen molar-refractivity contribution in [2.75, 3.05) is 33.1 Å². The van der Waals surface area contributed by atoms with Crippen molar-refractivity contribution in [2.24, 2.45) is 0 Å². The zero-order valence-electron chi connectivity index (χ0n) is 21.2. The van der Waals surface area contributed by atoms with Gasteiger partial charge in [-0.05, 0) is 88.0 Å². The number of aryl methyl sites for hydroxylation is 2. The first kappa shape index (κ1) is 23.7. The number of nitrogens with zero attached hydrogens (tertiary/aromatic N) is 2. The molecule has 0 amide bonds. The number of carboxylic acid groups (broad SMARTS) is 1. The van der Waals surface area contributed by atoms with Crippen LogP contribution in [0.25, 0.3) is 5.57 Å². The fraction of sp³-hybridized carbons (Fsp3) is 0.241. The molecule has 0 fully saturated rings. The van der Waals surface area contributed by atoms with Gasteiger partial charge in [-0.15, -0.1) is 6.58 Å². The molecule has 1 atom stereocenters. The second-order valence-corrected chi connectivity index (χ2v) is 13.7. The van der Waals surface area contributed by atoms with Crippen molar-refractivity contribution in [2.45, 2.75) is 20.4 Å². The molecular weight excluding hydrogens is 436 g/mol. The number of fused-ring (bicyclic) bond motifs is 2. The van der Waals surface area contributed by atoms with Gasteiger partial charge in [0.2, 0.25) is 0 Å². The Morgan fingerprint density at radius 2 is 1.74 bits per heavy atom. The van der Waals surface area contributed by atoms with Crippen LogP contribution in [0.4, 0.5) is 5.69 Å². The van der Waals surface area contributed by atoms with Crippen LogP contribution in [0.2, 0.25) is 6.55 Å². The van der Waals surface area contributed by atoms with Crippen LogP contribution in [-0.2, 0) is 0 Å². The Labute approximate surface area is 203 Å². The highest BCUT2D eigenvalue weighted by atomic mass is 28.3. The second-order valence-electron chi connectivity index (χ2n) is 9.82. The fourth-order valence-electron chi connectivity index (χ4n) is 5.18. The third-order valence-corrected chi connectivity index (χ3v) is 11.0. The van der Waals surface area contributed by atoms with Crippen molar-refractivity contribution in [1.29, 1.82) is 0 Å². The molecule has 2 aliphatic rings. The van der Waals surface area contributed by atoms with Crippen LogP contribution < -0.4 is 10.1 Å². The molecule has 0 bridgehead atoms. The van der Waals surface area contributed by atoms with Gasteiger partial charge in [0.15, 0.2) is 5.71 Å². The maximum absolute atomic E-state index is 11.7. The minimum atomic E-state index is -2.25. The summed E-state index contributed by atoms with van der Waals surface area (Å²) in [5, 5.41) is 12.3. The van der Waals surface area contributed by atoms with E-state index in [0.717, 1.165) is 16.7 Å². The zero-order chi connectivity index (χ0) is 24.9. The second kappa shape index (κ2) is 8.40. The normalized spacial score (nSPS) is 18.8. The third-order valence-electron chi connectivity index (χ3n) is 7.13. The Morgan fingerprint density at radius 3 is 2.26 bits per heavy atom. The van der Waals surface area contributed by atoms with Gasteiger partial charge in [-0.2, -0.15) is 0 Å². The summed E-state index contributed by atoms with van der Waals surface area (Å²) in [5.41, 5.74) is 11.5. The molecule has 2 aromatic rings. The molecule has 4 rings (SSSR count). The zero-order valence-corrected chi connectivity index (χ0v) is 22.2. The number of allylic oxidation sites excluding steroid dienone is 5. The predicted octanol–water partition coefficient (Wildman–Crippen LogP) is 4.64. The molecule has 0 saturated carbocycles. The van der Waals surface area contributed by atoms with Crippen molar-refractivity contribution in [3.8, 4) is 0 Å². The van der Waals surface area contributed by atoms with Gasteiger partial charge in [0, 0.05) is 31.9 Å². The van der Waals surface area contributed by atoms with Crippen LogP contribution in [-0.4, -0.2) is 57.6 Å². The van der Waals surface area contributed by atoms with Gasteiger partial charge < -0.3 is 10.0 Å². The maximum Gasteiger partial charge on any atom is 0.335 e. The maximum atomic E-state index is 11.7. The Bertz CT molecular complexity index is 1350. The van der Waals surface area contributed by atoms with Crippen molar-refractivity contribution < 1.29 is 14.5 Å². The minimum absolute atomic E-state index is 0.326. The molecule has 1 aliphatic heterocycles. The topological polar surface area (TPSA) is 43.6 Å². The highest BCUT2D eigenvalue weighted by molar-refractivity contribution is 7.02. The van der Waals surface area contributed by atoms with Crippen LogP contribution in [0.1, 0.15) is 32.6 Å². The third kappa shape index (κ3) is 3.61. The molecule has 174 valence electrons. The molecule has 0 saturated heterocycles. The van der Waals surface area contributed by atoms with Crippen LogP contribution in [0, 0.1) is 13.8 Å². The minimum Gasteiger partial charge on any atom is -0.478 e. The molecular formula is C29H33N2O2Si+. The smallest absolute Gasteiger partial charge is 0.335 e. The molecule has 0 aromatic heterocycles. The van der Waals surface area contributed by atoms with Gasteiger partial charge in [-0.25, -0.2) is 9.37 Å². The molecule has 2 aromatic carbocycles. The lowest BCUT2D eigenvalue weighted by Crippen LogP contribution is -2.51. The van der Waals surface area contributed by atoms with Gasteiger partial charge in [0.25, 0.3) is 0 Å². The number of anilines is 1. The van der Waals surface area contributed by atoms with Crippen LogP contribution >= 0.6 is 0 Å². The number of carbonyl (C=O) groups is 1. The van der Waals surface area contributed by atoms with Crippen LogP contribution in [0.3, 0.4) is 0 Å². The summed E-state index contributed by atoms with van der Waals surface area (Å²) in [4.78, 5) is 13.8. The lowest BCUT2D eigenvalue weighted by atomic mass is 9.84. The average Bonchev–Trinajstić information content (AvgIpc) is 2.79. The Kier molecular flexibility index (Phi) is 5.86. The molecule has 0 radical (unpaired) electrons. The molecule has 1 unspecified atom stereocenters. The SMILES string of the molecule is C=C[Si]1(C)C2=CC(=[N+](C)C)C=CC2=C(c2c(C)cc(C(=O)O)cc2C)c2ccc(N(C)C)cc21. The van der Waals surface area contributed by atoms with E-state index in [9.17, 15) is 9.90 Å². The van der Waals surface area contributed by atoms with E-state index in [-0.39, 0.29) is 0 Å². The number of carboxylic acids is 1. The summed E-state index contributed by atoms with van der Waals surface area (Å²) in [6.07, 6.45) is 6.73. The van der Waals surface area contributed by atoms with Gasteiger partial charge in [0.1, 0.15) is 22.2 Å². The van der Waals surface area contributed by atoms with E-state index in [1.807, 2.05) is 13.8 Å². The van der Waals surface area contributed by atoms with E-state index < -0.39 is 14.0 Å². The van der Waals surface area contributed by atoms with E-state index in [0.29, 0.717) is 5.56 Å². The molecule has 0 spiro atoms. The largest absolute Gasteiger partial charge is 0.478 e. The molecule has 5 heteroatoms. The van der Waals surface area contributed by atoms with E-state index in [4.69, 9.17) is 0 Å². The molecule has 1 heterocycles. The highest BCUT2D eigenvalue weighted by Gasteiger charge is 2.42. The Hall–Kier alpha value is -3.44. The summed E-state index contributed by atoms with van der Waals surface area (Å²) in [7, 11) is 6.02. The first-order chi connectivity index (χ1) is 16.0. The van der Waals surface area contributed by atoms with Crippen LogP contribution in [0.5, 0.6) is 0 Å². The monoisotopic (exact) mass is 469 g/mol. The number of benzene rings is 2. The van der Waals surface area contributed by atoms with Crippen molar-refractivity contribution in [3.05, 3.63) is 99.4 Å². The standard InChI is InChI=1S/C29H32N2O2Si/c1-9-34(8)25-16-21(30(4)5)10-12-23(25)28(24-13-11-22(31(6)7)17-26(24)34)27-18(2)14-20(29(32)33)15-19(27)3/h9-17H,1H2,2-8H3/p+1. The molecule has 1 aliphatic carbocycles. The van der Waals surface area contributed by atoms with Gasteiger partial charge >= 0.3 is 5.97 Å². The van der Waals surface area contributed by atoms with E-state index in [2.05, 4.69) is 92.9 Å². The number of hydrogen-bond donors (Lipinski definition) is 1.